The van der Waals surface area contributed by atoms with E-state index in [9.17, 15) is 4.79 Å². The highest BCUT2D eigenvalue weighted by molar-refractivity contribution is 6.31. The van der Waals surface area contributed by atoms with Gasteiger partial charge >= 0.3 is 0 Å². The number of carbonyl (C=O) groups excluding carboxylic acids is 1. The summed E-state index contributed by atoms with van der Waals surface area (Å²) in [7, 11) is 3.27. The lowest BCUT2D eigenvalue weighted by molar-refractivity contribution is -0.122. The Kier molecular flexibility index (Phi) is 6.01. The SMILES string of the molecule is COc1cc2c(cc1OC)CN(CC(=O)NCc1ccccc1Cl)CC2. The summed E-state index contributed by atoms with van der Waals surface area (Å²) < 4.78 is 10.7. The van der Waals surface area contributed by atoms with Crippen LogP contribution in [0.25, 0.3) is 0 Å². The van der Waals surface area contributed by atoms with Crippen LogP contribution in [0, 0.1) is 0 Å². The zero-order valence-electron chi connectivity index (χ0n) is 15.0. The predicted molar refractivity (Wildman–Crippen MR) is 102 cm³/mol. The summed E-state index contributed by atoms with van der Waals surface area (Å²) in [6.07, 6.45) is 0.882. The number of amides is 1. The molecule has 2 aromatic rings. The topological polar surface area (TPSA) is 50.8 Å². The normalized spacial score (nSPS) is 13.8. The summed E-state index contributed by atoms with van der Waals surface area (Å²) in [5.41, 5.74) is 3.34. The van der Waals surface area contributed by atoms with E-state index in [4.69, 9.17) is 21.1 Å². The van der Waals surface area contributed by atoms with Crippen molar-refractivity contribution in [1.29, 1.82) is 0 Å². The number of hydrogen-bond acceptors (Lipinski definition) is 4. The number of benzene rings is 2. The second-order valence-corrected chi connectivity index (χ2v) is 6.71. The molecule has 1 heterocycles. The van der Waals surface area contributed by atoms with Crippen LogP contribution in [0.2, 0.25) is 5.02 Å². The molecule has 0 radical (unpaired) electrons. The highest BCUT2D eigenvalue weighted by atomic mass is 35.5. The monoisotopic (exact) mass is 374 g/mol. The highest BCUT2D eigenvalue weighted by Crippen LogP contribution is 2.33. The quantitative estimate of drug-likeness (QED) is 0.844. The van der Waals surface area contributed by atoms with Crippen LogP contribution < -0.4 is 14.8 Å². The summed E-state index contributed by atoms with van der Waals surface area (Å²) >= 11 is 6.13. The van der Waals surface area contributed by atoms with Crippen LogP contribution in [0.3, 0.4) is 0 Å². The minimum Gasteiger partial charge on any atom is -0.493 e. The Balaban J connectivity index is 1.58. The molecule has 3 rings (SSSR count). The molecule has 0 saturated heterocycles. The van der Waals surface area contributed by atoms with E-state index in [0.29, 0.717) is 18.1 Å². The van der Waals surface area contributed by atoms with Crippen LogP contribution in [0.4, 0.5) is 0 Å². The van der Waals surface area contributed by atoms with Crippen molar-refractivity contribution in [2.45, 2.75) is 19.5 Å². The Morgan fingerprint density at radius 2 is 1.85 bits per heavy atom. The number of ether oxygens (including phenoxy) is 2. The van der Waals surface area contributed by atoms with Crippen LogP contribution >= 0.6 is 11.6 Å². The fourth-order valence-electron chi connectivity index (χ4n) is 3.17. The molecule has 1 aliphatic rings. The minimum absolute atomic E-state index is 0.00570. The Hall–Kier alpha value is -2.24. The lowest BCUT2D eigenvalue weighted by Gasteiger charge is -2.29. The Morgan fingerprint density at radius 3 is 2.54 bits per heavy atom. The maximum Gasteiger partial charge on any atom is 0.234 e. The average molecular weight is 375 g/mol. The van der Waals surface area contributed by atoms with Gasteiger partial charge in [0.25, 0.3) is 0 Å². The number of rotatable bonds is 6. The van der Waals surface area contributed by atoms with Crippen molar-refractivity contribution in [2.24, 2.45) is 0 Å². The number of halogens is 1. The van der Waals surface area contributed by atoms with Crippen molar-refractivity contribution in [1.82, 2.24) is 10.2 Å². The summed E-state index contributed by atoms with van der Waals surface area (Å²) in [6, 6.07) is 11.6. The third-order valence-electron chi connectivity index (χ3n) is 4.60. The van der Waals surface area contributed by atoms with E-state index in [1.54, 1.807) is 14.2 Å². The average Bonchev–Trinajstić information content (AvgIpc) is 2.66. The lowest BCUT2D eigenvalue weighted by Crippen LogP contribution is -2.39. The molecule has 0 aromatic heterocycles. The van der Waals surface area contributed by atoms with E-state index >= 15 is 0 Å². The van der Waals surface area contributed by atoms with Gasteiger partial charge in [-0.1, -0.05) is 29.8 Å². The first kappa shape index (κ1) is 18.5. The maximum absolute atomic E-state index is 12.3. The van der Waals surface area contributed by atoms with Gasteiger partial charge in [-0.3, -0.25) is 9.69 Å². The van der Waals surface area contributed by atoms with Crippen LogP contribution in [0.1, 0.15) is 16.7 Å². The summed E-state index contributed by atoms with van der Waals surface area (Å²) in [5.74, 6) is 1.46. The standard InChI is InChI=1S/C20H23ClN2O3/c1-25-18-9-14-7-8-23(12-16(14)10-19(18)26-2)13-20(24)22-11-15-5-3-4-6-17(15)21/h3-6,9-10H,7-8,11-13H2,1-2H3,(H,22,24). The molecule has 1 amide bonds. The molecule has 1 N–H and O–H groups in total. The van der Waals surface area contributed by atoms with Gasteiger partial charge in [0.15, 0.2) is 11.5 Å². The molecule has 0 saturated carbocycles. The van der Waals surface area contributed by atoms with Gasteiger partial charge in [-0.15, -0.1) is 0 Å². The first-order valence-electron chi connectivity index (χ1n) is 8.57. The summed E-state index contributed by atoms with van der Waals surface area (Å²) in [5, 5.41) is 3.61. The van der Waals surface area contributed by atoms with Gasteiger partial charge in [-0.05, 0) is 41.3 Å². The molecule has 1 aliphatic heterocycles. The zero-order valence-corrected chi connectivity index (χ0v) is 15.8. The molecule has 0 bridgehead atoms. The van der Waals surface area contributed by atoms with Crippen LogP contribution in [0.15, 0.2) is 36.4 Å². The Bertz CT molecular complexity index is 795. The van der Waals surface area contributed by atoms with Gasteiger partial charge in [0.05, 0.1) is 20.8 Å². The number of nitrogens with one attached hydrogen (secondary N) is 1. The molecule has 0 spiro atoms. The maximum atomic E-state index is 12.3. The molecule has 0 atom stereocenters. The number of nitrogens with zero attached hydrogens (tertiary/aromatic N) is 1. The van der Waals surface area contributed by atoms with Gasteiger partial charge < -0.3 is 14.8 Å². The smallest absolute Gasteiger partial charge is 0.234 e. The van der Waals surface area contributed by atoms with Gasteiger partial charge in [-0.2, -0.15) is 0 Å². The van der Waals surface area contributed by atoms with Crippen molar-refractivity contribution >= 4 is 17.5 Å². The second kappa shape index (κ2) is 8.43. The van der Waals surface area contributed by atoms with Crippen molar-refractivity contribution in [2.75, 3.05) is 27.3 Å². The lowest BCUT2D eigenvalue weighted by atomic mass is 9.99. The number of hydrogen-bond donors (Lipinski definition) is 1. The van der Waals surface area contributed by atoms with Crippen LogP contribution in [0.5, 0.6) is 11.5 Å². The van der Waals surface area contributed by atoms with E-state index in [-0.39, 0.29) is 5.91 Å². The number of carbonyl (C=O) groups is 1. The predicted octanol–water partition coefficient (Wildman–Crippen LogP) is 3.03. The number of fused-ring (bicyclic) bond motifs is 1. The van der Waals surface area contributed by atoms with E-state index in [1.807, 2.05) is 36.4 Å². The number of methoxy groups -OCH3 is 2. The van der Waals surface area contributed by atoms with Crippen molar-refractivity contribution in [3.05, 3.63) is 58.1 Å². The molecule has 2 aromatic carbocycles. The molecule has 0 unspecified atom stereocenters. The molecule has 26 heavy (non-hydrogen) atoms. The van der Waals surface area contributed by atoms with E-state index < -0.39 is 0 Å². The van der Waals surface area contributed by atoms with E-state index in [0.717, 1.165) is 36.6 Å². The third kappa shape index (κ3) is 4.29. The van der Waals surface area contributed by atoms with Gasteiger partial charge in [0, 0.05) is 24.7 Å². The highest BCUT2D eigenvalue weighted by Gasteiger charge is 2.21. The van der Waals surface area contributed by atoms with Crippen LogP contribution in [-0.2, 0) is 24.3 Å². The molecule has 6 heteroatoms. The first-order valence-corrected chi connectivity index (χ1v) is 8.94. The van der Waals surface area contributed by atoms with Gasteiger partial charge in [-0.25, -0.2) is 0 Å². The van der Waals surface area contributed by atoms with Crippen LogP contribution in [-0.4, -0.2) is 38.1 Å². The van der Waals surface area contributed by atoms with Crippen molar-refractivity contribution in [3.63, 3.8) is 0 Å². The van der Waals surface area contributed by atoms with Gasteiger partial charge in [0.1, 0.15) is 0 Å². The second-order valence-electron chi connectivity index (χ2n) is 6.30. The van der Waals surface area contributed by atoms with Crippen molar-refractivity contribution in [3.8, 4) is 11.5 Å². The fourth-order valence-corrected chi connectivity index (χ4v) is 3.37. The third-order valence-corrected chi connectivity index (χ3v) is 4.97. The largest absolute Gasteiger partial charge is 0.493 e. The first-order chi connectivity index (χ1) is 12.6. The molecule has 5 nitrogen and oxygen atoms in total. The van der Waals surface area contributed by atoms with Gasteiger partial charge in [0.2, 0.25) is 5.91 Å². The molecule has 0 fully saturated rings. The molecule has 0 aliphatic carbocycles. The molecule has 138 valence electrons. The summed E-state index contributed by atoms with van der Waals surface area (Å²) in [6.45, 7) is 2.35. The Morgan fingerprint density at radius 1 is 1.15 bits per heavy atom. The molecular formula is C20H23ClN2O3. The van der Waals surface area contributed by atoms with Crippen molar-refractivity contribution < 1.29 is 14.3 Å². The fraction of sp³-hybridized carbons (Fsp3) is 0.350. The minimum atomic E-state index is -0.00570. The zero-order chi connectivity index (χ0) is 18.5. The van der Waals surface area contributed by atoms with E-state index in [2.05, 4.69) is 10.2 Å². The summed E-state index contributed by atoms with van der Waals surface area (Å²) in [4.78, 5) is 14.4. The van der Waals surface area contributed by atoms with E-state index in [1.165, 1.54) is 11.1 Å². The Labute approximate surface area is 158 Å². The molecular weight excluding hydrogens is 352 g/mol.